The molecule has 1 aromatic carbocycles. The van der Waals surface area contributed by atoms with Gasteiger partial charge in [0, 0.05) is 31.5 Å². The van der Waals surface area contributed by atoms with E-state index in [4.69, 9.17) is 0 Å². The molecule has 25 heavy (non-hydrogen) atoms. The van der Waals surface area contributed by atoms with Crippen molar-refractivity contribution < 1.29 is 9.59 Å². The van der Waals surface area contributed by atoms with Gasteiger partial charge in [-0.05, 0) is 69.1 Å². The topological polar surface area (TPSA) is 61.4 Å². The number of likely N-dealkylation sites (tertiary alicyclic amines) is 1. The van der Waals surface area contributed by atoms with Gasteiger partial charge in [0.15, 0.2) is 5.78 Å². The quantitative estimate of drug-likeness (QED) is 0.738. The number of hydrogen-bond donors (Lipinski definition) is 2. The average Bonchev–Trinajstić information content (AvgIpc) is 3.02. The average molecular weight is 343 g/mol. The number of carbonyl (C=O) groups is 2. The molecule has 0 aromatic heterocycles. The molecule has 0 unspecified atom stereocenters. The highest BCUT2D eigenvalue weighted by atomic mass is 16.2. The van der Waals surface area contributed by atoms with Crippen molar-refractivity contribution in [2.24, 2.45) is 0 Å². The molecule has 3 rings (SSSR count). The van der Waals surface area contributed by atoms with Crippen molar-refractivity contribution in [3.05, 3.63) is 34.9 Å². The van der Waals surface area contributed by atoms with E-state index in [1.54, 1.807) is 0 Å². The molecular formula is C20H29N3O2. The molecule has 2 N–H and O–H groups in total. The summed E-state index contributed by atoms with van der Waals surface area (Å²) in [6.45, 7) is 5.84. The van der Waals surface area contributed by atoms with Crippen molar-refractivity contribution in [2.75, 3.05) is 39.3 Å². The molecule has 0 radical (unpaired) electrons. The highest BCUT2D eigenvalue weighted by molar-refractivity contribution is 5.98. The maximum absolute atomic E-state index is 12.4. The van der Waals surface area contributed by atoms with E-state index in [0.29, 0.717) is 6.54 Å². The first-order chi connectivity index (χ1) is 12.2. The summed E-state index contributed by atoms with van der Waals surface area (Å²) in [5, 5.41) is 6.31. The smallest absolute Gasteiger partial charge is 0.220 e. The second-order valence-electron chi connectivity index (χ2n) is 7.06. The van der Waals surface area contributed by atoms with Gasteiger partial charge < -0.3 is 15.5 Å². The monoisotopic (exact) mass is 343 g/mol. The number of amides is 1. The number of hydrogen-bond acceptors (Lipinski definition) is 4. The summed E-state index contributed by atoms with van der Waals surface area (Å²) in [5.74, 6) is 0.0428. The third kappa shape index (κ3) is 5.38. The lowest BCUT2D eigenvalue weighted by atomic mass is 9.97. The van der Waals surface area contributed by atoms with E-state index >= 15 is 0 Å². The second kappa shape index (κ2) is 9.11. The minimum atomic E-state index is -0.0218. The zero-order valence-electron chi connectivity index (χ0n) is 15.0. The highest BCUT2D eigenvalue weighted by Crippen LogP contribution is 2.17. The van der Waals surface area contributed by atoms with Gasteiger partial charge >= 0.3 is 0 Å². The van der Waals surface area contributed by atoms with E-state index in [2.05, 4.69) is 21.6 Å². The van der Waals surface area contributed by atoms with Crippen LogP contribution in [0.25, 0.3) is 0 Å². The molecule has 0 spiro atoms. The summed E-state index contributed by atoms with van der Waals surface area (Å²) >= 11 is 0. The Kier molecular flexibility index (Phi) is 6.59. The van der Waals surface area contributed by atoms with Gasteiger partial charge in [0.2, 0.25) is 5.91 Å². The van der Waals surface area contributed by atoms with E-state index in [9.17, 15) is 9.59 Å². The third-order valence-electron chi connectivity index (χ3n) is 5.20. The lowest BCUT2D eigenvalue weighted by Crippen LogP contribution is -2.33. The van der Waals surface area contributed by atoms with Crippen molar-refractivity contribution in [1.82, 2.24) is 15.5 Å². The van der Waals surface area contributed by atoms with Crippen LogP contribution in [0, 0.1) is 0 Å². The van der Waals surface area contributed by atoms with Crippen LogP contribution in [0.2, 0.25) is 0 Å². The van der Waals surface area contributed by atoms with Crippen LogP contribution in [0.3, 0.4) is 0 Å². The fourth-order valence-electron chi connectivity index (χ4n) is 3.67. The Bertz CT molecular complexity index is 609. The summed E-state index contributed by atoms with van der Waals surface area (Å²) in [6, 6.07) is 6.01. The Morgan fingerprint density at radius 2 is 1.80 bits per heavy atom. The van der Waals surface area contributed by atoms with Crippen molar-refractivity contribution >= 4 is 11.7 Å². The number of benzene rings is 1. The van der Waals surface area contributed by atoms with E-state index in [0.717, 1.165) is 51.1 Å². The molecule has 136 valence electrons. The molecule has 1 amide bonds. The van der Waals surface area contributed by atoms with Gasteiger partial charge in [0.25, 0.3) is 0 Å². The molecular weight excluding hydrogens is 314 g/mol. The maximum atomic E-state index is 12.4. The summed E-state index contributed by atoms with van der Waals surface area (Å²) in [7, 11) is 0. The van der Waals surface area contributed by atoms with Crippen LogP contribution in [0.4, 0.5) is 0 Å². The first-order valence-corrected chi connectivity index (χ1v) is 9.57. The van der Waals surface area contributed by atoms with Gasteiger partial charge in [-0.3, -0.25) is 9.59 Å². The number of Topliss-reactive ketones (excluding diaryl/α,β-unsaturated/α-hetero) is 1. The number of carbonyl (C=O) groups excluding carboxylic acids is 2. The standard InChI is InChI=1S/C20H29N3O2/c24-19(5-6-20(25)22-11-14-23-12-1-2-13-23)18-4-3-16-7-9-21-10-8-17(16)15-18/h3-4,15,21H,1-2,5-14H2,(H,22,25). The predicted molar refractivity (Wildman–Crippen MR) is 99.0 cm³/mol. The van der Waals surface area contributed by atoms with Gasteiger partial charge in [-0.25, -0.2) is 0 Å². The Hall–Kier alpha value is -1.72. The van der Waals surface area contributed by atoms with Crippen LogP contribution >= 0.6 is 0 Å². The van der Waals surface area contributed by atoms with Gasteiger partial charge in [-0.2, -0.15) is 0 Å². The number of ketones is 1. The van der Waals surface area contributed by atoms with Gasteiger partial charge in [0.1, 0.15) is 0 Å². The molecule has 0 aliphatic carbocycles. The Balaban J connectivity index is 1.42. The van der Waals surface area contributed by atoms with Gasteiger partial charge in [0.05, 0.1) is 0 Å². The third-order valence-corrected chi connectivity index (χ3v) is 5.20. The van der Waals surface area contributed by atoms with Crippen molar-refractivity contribution in [3.8, 4) is 0 Å². The summed E-state index contributed by atoms with van der Waals surface area (Å²) in [4.78, 5) is 26.7. The largest absolute Gasteiger partial charge is 0.355 e. The second-order valence-corrected chi connectivity index (χ2v) is 7.06. The summed E-state index contributed by atoms with van der Waals surface area (Å²) in [5.41, 5.74) is 3.35. The normalized spacial score (nSPS) is 17.8. The SMILES string of the molecule is O=C(CCC(=O)c1ccc2c(c1)CCNCC2)NCCN1CCCC1. The van der Waals surface area contributed by atoms with Crippen molar-refractivity contribution in [3.63, 3.8) is 0 Å². The number of rotatable bonds is 7. The zero-order chi connectivity index (χ0) is 17.5. The van der Waals surface area contributed by atoms with Crippen LogP contribution < -0.4 is 10.6 Å². The Labute approximate surface area is 150 Å². The number of fused-ring (bicyclic) bond motifs is 1. The molecule has 1 saturated heterocycles. The lowest BCUT2D eigenvalue weighted by Gasteiger charge is -2.14. The first kappa shape index (κ1) is 18.1. The molecule has 1 fully saturated rings. The van der Waals surface area contributed by atoms with E-state index in [-0.39, 0.29) is 24.5 Å². The molecule has 2 aliphatic rings. The van der Waals surface area contributed by atoms with Crippen molar-refractivity contribution in [1.29, 1.82) is 0 Å². The molecule has 5 nitrogen and oxygen atoms in total. The van der Waals surface area contributed by atoms with Gasteiger partial charge in [-0.1, -0.05) is 12.1 Å². The predicted octanol–water partition coefficient (Wildman–Crippen LogP) is 1.55. The number of nitrogens with one attached hydrogen (secondary N) is 2. The van der Waals surface area contributed by atoms with Gasteiger partial charge in [-0.15, -0.1) is 0 Å². The molecule has 0 bridgehead atoms. The van der Waals surface area contributed by atoms with Crippen molar-refractivity contribution in [2.45, 2.75) is 38.5 Å². The number of nitrogens with zero attached hydrogens (tertiary/aromatic N) is 1. The Morgan fingerprint density at radius 1 is 1.04 bits per heavy atom. The van der Waals surface area contributed by atoms with Crippen LogP contribution in [0.1, 0.15) is 47.2 Å². The Morgan fingerprint density at radius 3 is 2.60 bits per heavy atom. The summed E-state index contributed by atoms with van der Waals surface area (Å²) in [6.07, 6.45) is 5.07. The highest BCUT2D eigenvalue weighted by Gasteiger charge is 2.14. The zero-order valence-corrected chi connectivity index (χ0v) is 15.0. The fourth-order valence-corrected chi connectivity index (χ4v) is 3.67. The molecule has 5 heteroatoms. The molecule has 0 atom stereocenters. The minimum absolute atomic E-state index is 0.0218. The summed E-state index contributed by atoms with van der Waals surface area (Å²) < 4.78 is 0. The molecule has 0 saturated carbocycles. The van der Waals surface area contributed by atoms with E-state index < -0.39 is 0 Å². The van der Waals surface area contributed by atoms with E-state index in [1.165, 1.54) is 24.0 Å². The minimum Gasteiger partial charge on any atom is -0.355 e. The fraction of sp³-hybridized carbons (Fsp3) is 0.600. The van der Waals surface area contributed by atoms with Crippen LogP contribution in [-0.4, -0.2) is 55.9 Å². The molecule has 1 aromatic rings. The van der Waals surface area contributed by atoms with Crippen LogP contribution in [0.15, 0.2) is 18.2 Å². The first-order valence-electron chi connectivity index (χ1n) is 9.57. The van der Waals surface area contributed by atoms with E-state index in [1.807, 2.05) is 12.1 Å². The maximum Gasteiger partial charge on any atom is 0.220 e. The molecule has 2 aliphatic heterocycles. The van der Waals surface area contributed by atoms with Crippen LogP contribution in [0.5, 0.6) is 0 Å². The molecule has 2 heterocycles. The van der Waals surface area contributed by atoms with Crippen LogP contribution in [-0.2, 0) is 17.6 Å². The lowest BCUT2D eigenvalue weighted by molar-refractivity contribution is -0.121.